The highest BCUT2D eigenvalue weighted by Gasteiger charge is 2.52. The molecule has 2 heterocycles. The van der Waals surface area contributed by atoms with Crippen molar-refractivity contribution in [3.05, 3.63) is 59.7 Å². The first-order valence-corrected chi connectivity index (χ1v) is 12.8. The molecule has 1 N–H and O–H groups in total. The fourth-order valence-electron chi connectivity index (χ4n) is 6.57. The van der Waals surface area contributed by atoms with E-state index in [0.717, 1.165) is 55.5 Å². The van der Waals surface area contributed by atoms with E-state index in [1.807, 2.05) is 51.1 Å². The Kier molecular flexibility index (Phi) is 5.50. The molecule has 2 aliphatic carbocycles. The lowest BCUT2D eigenvalue weighted by atomic mass is 9.81. The molecule has 0 aromatic heterocycles. The van der Waals surface area contributed by atoms with Crippen molar-refractivity contribution in [2.24, 2.45) is 5.92 Å². The van der Waals surface area contributed by atoms with Crippen LogP contribution in [-0.4, -0.2) is 46.5 Å². The lowest BCUT2D eigenvalue weighted by Crippen LogP contribution is -2.56. The van der Waals surface area contributed by atoms with E-state index in [1.165, 1.54) is 5.56 Å². The zero-order valence-corrected chi connectivity index (χ0v) is 19.8. The summed E-state index contributed by atoms with van der Waals surface area (Å²) in [5.74, 6) is -0.866. The van der Waals surface area contributed by atoms with E-state index in [9.17, 15) is 14.4 Å². The number of carbonyl (C=O) groups is 3. The minimum absolute atomic E-state index is 0.0212. The van der Waals surface area contributed by atoms with Gasteiger partial charge in [-0.25, -0.2) is 4.79 Å². The van der Waals surface area contributed by atoms with Crippen LogP contribution in [0.2, 0.25) is 0 Å². The van der Waals surface area contributed by atoms with Gasteiger partial charge in [0.1, 0.15) is 0 Å². The number of fused-ring (bicyclic) bond motifs is 3. The Hall–Kier alpha value is -3.35. The van der Waals surface area contributed by atoms with Crippen LogP contribution in [0.5, 0.6) is 0 Å². The number of carboxylic acid groups (broad SMARTS) is 1. The van der Waals surface area contributed by atoms with E-state index < -0.39 is 5.97 Å². The van der Waals surface area contributed by atoms with Crippen LogP contribution >= 0.6 is 0 Å². The second kappa shape index (κ2) is 8.70. The summed E-state index contributed by atoms with van der Waals surface area (Å²) in [7, 11) is 0. The SMILES string of the molecule is O=C(O)CCC(=O)N(C1CC1)C1c2ccccc2N(C(=O)N2CCc3ccccc32)C2CCCC21. The molecule has 3 atom stereocenters. The molecule has 7 heteroatoms. The summed E-state index contributed by atoms with van der Waals surface area (Å²) in [5, 5.41) is 9.17. The number of para-hydroxylation sites is 2. The molecule has 2 aromatic rings. The highest BCUT2D eigenvalue weighted by molar-refractivity contribution is 6.06. The largest absolute Gasteiger partial charge is 0.481 e. The fourth-order valence-corrected chi connectivity index (χ4v) is 6.57. The van der Waals surface area contributed by atoms with E-state index in [1.54, 1.807) is 0 Å². The average molecular weight is 474 g/mol. The van der Waals surface area contributed by atoms with Crippen LogP contribution in [0.25, 0.3) is 0 Å². The third-order valence-corrected chi connectivity index (χ3v) is 8.19. The van der Waals surface area contributed by atoms with Gasteiger partial charge in [0.05, 0.1) is 18.2 Å². The van der Waals surface area contributed by atoms with Crippen molar-refractivity contribution >= 4 is 29.3 Å². The molecule has 35 heavy (non-hydrogen) atoms. The summed E-state index contributed by atoms with van der Waals surface area (Å²) in [6.07, 6.45) is 5.55. The number of carbonyl (C=O) groups excluding carboxylic acids is 2. The molecule has 0 spiro atoms. The number of hydrogen-bond donors (Lipinski definition) is 1. The molecule has 0 radical (unpaired) electrons. The Morgan fingerprint density at radius 3 is 2.43 bits per heavy atom. The van der Waals surface area contributed by atoms with Crippen molar-refractivity contribution in [1.82, 2.24) is 4.90 Å². The van der Waals surface area contributed by atoms with E-state index in [0.29, 0.717) is 6.54 Å². The Labute approximate surface area is 205 Å². The smallest absolute Gasteiger partial charge is 0.329 e. The summed E-state index contributed by atoms with van der Waals surface area (Å²) >= 11 is 0. The second-order valence-corrected chi connectivity index (χ2v) is 10.3. The molecule has 2 aromatic carbocycles. The molecule has 2 aliphatic heterocycles. The number of carboxylic acids is 1. The topological polar surface area (TPSA) is 81.2 Å². The lowest BCUT2D eigenvalue weighted by Gasteiger charge is -2.48. The van der Waals surface area contributed by atoms with Gasteiger partial charge in [0.15, 0.2) is 0 Å². The molecule has 0 bridgehead atoms. The van der Waals surface area contributed by atoms with Crippen molar-refractivity contribution in [1.29, 1.82) is 0 Å². The molecular weight excluding hydrogens is 442 g/mol. The standard InChI is InChI=1S/C28H31N3O4/c32-25(14-15-26(33)34)30(19-12-13-19)27-20-7-2-4-10-23(20)31(24-11-5-8-21(24)27)28(35)29-17-16-18-6-1-3-9-22(18)29/h1-4,6-7,9-10,19,21,24,27H,5,8,11-17H2,(H,33,34). The van der Waals surface area contributed by atoms with Gasteiger partial charge in [0, 0.05) is 36.7 Å². The molecule has 4 aliphatic rings. The van der Waals surface area contributed by atoms with Crippen LogP contribution in [0, 0.1) is 5.92 Å². The number of amides is 3. The number of benzene rings is 2. The number of hydrogen-bond acceptors (Lipinski definition) is 3. The summed E-state index contributed by atoms with van der Waals surface area (Å²) in [5.41, 5.74) is 4.12. The molecule has 3 unspecified atom stereocenters. The van der Waals surface area contributed by atoms with Crippen LogP contribution < -0.4 is 9.80 Å². The molecule has 182 valence electrons. The lowest BCUT2D eigenvalue weighted by molar-refractivity contribution is -0.142. The van der Waals surface area contributed by atoms with Gasteiger partial charge in [0.2, 0.25) is 5.91 Å². The predicted molar refractivity (Wildman–Crippen MR) is 132 cm³/mol. The fraction of sp³-hybridized carbons (Fsp3) is 0.464. The number of aliphatic carboxylic acids is 1. The minimum atomic E-state index is -0.945. The quantitative estimate of drug-likeness (QED) is 0.679. The van der Waals surface area contributed by atoms with Crippen LogP contribution in [0.4, 0.5) is 16.2 Å². The first-order valence-electron chi connectivity index (χ1n) is 12.8. The zero-order chi connectivity index (χ0) is 24.1. The summed E-state index contributed by atoms with van der Waals surface area (Å²) < 4.78 is 0. The van der Waals surface area contributed by atoms with E-state index in [2.05, 4.69) is 12.1 Å². The summed E-state index contributed by atoms with van der Waals surface area (Å²) in [4.78, 5) is 44.6. The minimum Gasteiger partial charge on any atom is -0.481 e. The van der Waals surface area contributed by atoms with Gasteiger partial charge in [0.25, 0.3) is 0 Å². The van der Waals surface area contributed by atoms with Gasteiger partial charge >= 0.3 is 12.0 Å². The summed E-state index contributed by atoms with van der Waals surface area (Å²) in [6, 6.07) is 16.3. The summed E-state index contributed by atoms with van der Waals surface area (Å²) in [6.45, 7) is 0.680. The molecule has 6 rings (SSSR count). The highest BCUT2D eigenvalue weighted by Crippen LogP contribution is 2.53. The van der Waals surface area contributed by atoms with E-state index in [-0.39, 0.29) is 48.8 Å². The number of urea groups is 1. The molecular formula is C28H31N3O4. The first-order chi connectivity index (χ1) is 17.0. The molecule has 2 fully saturated rings. The van der Waals surface area contributed by atoms with Crippen molar-refractivity contribution in [2.75, 3.05) is 16.3 Å². The van der Waals surface area contributed by atoms with Crippen LogP contribution in [-0.2, 0) is 16.0 Å². The maximum Gasteiger partial charge on any atom is 0.329 e. The molecule has 7 nitrogen and oxygen atoms in total. The third-order valence-electron chi connectivity index (χ3n) is 8.19. The van der Waals surface area contributed by atoms with Crippen molar-refractivity contribution in [2.45, 2.75) is 69.5 Å². The molecule has 0 saturated heterocycles. The zero-order valence-electron chi connectivity index (χ0n) is 19.8. The maximum atomic E-state index is 14.1. The Morgan fingerprint density at radius 2 is 1.66 bits per heavy atom. The molecule has 2 saturated carbocycles. The van der Waals surface area contributed by atoms with Crippen molar-refractivity contribution in [3.63, 3.8) is 0 Å². The van der Waals surface area contributed by atoms with Gasteiger partial charge in [-0.05, 0) is 55.4 Å². The first kappa shape index (κ1) is 22.1. The average Bonchev–Trinajstić information content (AvgIpc) is 3.41. The monoisotopic (exact) mass is 473 g/mol. The van der Waals surface area contributed by atoms with Gasteiger partial charge in [-0.3, -0.25) is 19.4 Å². The van der Waals surface area contributed by atoms with E-state index in [4.69, 9.17) is 5.11 Å². The van der Waals surface area contributed by atoms with Crippen LogP contribution in [0.3, 0.4) is 0 Å². The maximum absolute atomic E-state index is 14.1. The van der Waals surface area contributed by atoms with Crippen molar-refractivity contribution < 1.29 is 19.5 Å². The van der Waals surface area contributed by atoms with E-state index >= 15 is 0 Å². The predicted octanol–water partition coefficient (Wildman–Crippen LogP) is 4.75. The van der Waals surface area contributed by atoms with Crippen molar-refractivity contribution in [3.8, 4) is 0 Å². The number of nitrogens with zero attached hydrogens (tertiary/aromatic N) is 3. The second-order valence-electron chi connectivity index (χ2n) is 10.3. The normalized spacial score (nSPS) is 24.5. The number of rotatable bonds is 5. The van der Waals surface area contributed by atoms with Gasteiger partial charge in [-0.1, -0.05) is 42.8 Å². The third kappa shape index (κ3) is 3.77. The highest BCUT2D eigenvalue weighted by atomic mass is 16.4. The van der Waals surface area contributed by atoms with Crippen LogP contribution in [0.1, 0.15) is 62.1 Å². The van der Waals surface area contributed by atoms with Gasteiger partial charge in [-0.2, -0.15) is 0 Å². The van der Waals surface area contributed by atoms with Crippen LogP contribution in [0.15, 0.2) is 48.5 Å². The Bertz CT molecular complexity index is 1180. The molecule has 3 amide bonds. The van der Waals surface area contributed by atoms with Gasteiger partial charge in [-0.15, -0.1) is 0 Å². The Morgan fingerprint density at radius 1 is 0.914 bits per heavy atom. The number of anilines is 2. The Balaban J connectivity index is 1.39. The van der Waals surface area contributed by atoms with Gasteiger partial charge < -0.3 is 10.0 Å².